The van der Waals surface area contributed by atoms with E-state index in [1.165, 1.54) is 64.2 Å². The first-order valence-corrected chi connectivity index (χ1v) is 8.68. The van der Waals surface area contributed by atoms with Gasteiger partial charge in [0.05, 0.1) is 13.2 Å². The van der Waals surface area contributed by atoms with Gasteiger partial charge in [0.25, 0.3) is 0 Å². The second-order valence-electron chi connectivity index (χ2n) is 5.82. The molecule has 0 bridgehead atoms. The van der Waals surface area contributed by atoms with Crippen LogP contribution in [0.15, 0.2) is 0 Å². The van der Waals surface area contributed by atoms with Crippen LogP contribution in [0.2, 0.25) is 0 Å². The van der Waals surface area contributed by atoms with Crippen molar-refractivity contribution in [2.75, 3.05) is 40.0 Å². The van der Waals surface area contributed by atoms with E-state index in [1.54, 1.807) is 0 Å². The van der Waals surface area contributed by atoms with Gasteiger partial charge in [-0.1, -0.05) is 64.7 Å². The lowest BCUT2D eigenvalue weighted by Gasteiger charge is -2.14. The quantitative estimate of drug-likeness (QED) is 0.438. The van der Waals surface area contributed by atoms with Gasteiger partial charge in [0, 0.05) is 19.7 Å². The molecule has 1 N–H and O–H groups in total. The van der Waals surface area contributed by atoms with Crippen LogP contribution in [0.25, 0.3) is 0 Å². The Labute approximate surface area is 126 Å². The predicted molar refractivity (Wildman–Crippen MR) is 87.2 cm³/mol. The van der Waals surface area contributed by atoms with Crippen LogP contribution in [-0.4, -0.2) is 50.0 Å². The maximum atomic E-state index is 8.76. The third-order valence-electron chi connectivity index (χ3n) is 3.74. The Balaban J connectivity index is 2.99. The molecule has 0 atom stereocenters. The SMILES string of the molecule is CCCCCCCCCCCCOCCN(C)CCO. The summed E-state index contributed by atoms with van der Waals surface area (Å²) in [6, 6.07) is 0. The van der Waals surface area contributed by atoms with E-state index in [0.29, 0.717) is 0 Å². The van der Waals surface area contributed by atoms with Crippen LogP contribution in [0.3, 0.4) is 0 Å². The minimum Gasteiger partial charge on any atom is -0.395 e. The van der Waals surface area contributed by atoms with Crippen molar-refractivity contribution in [3.63, 3.8) is 0 Å². The predicted octanol–water partition coefficient (Wildman–Crippen LogP) is 3.85. The summed E-state index contributed by atoms with van der Waals surface area (Å²) in [5.74, 6) is 0. The third-order valence-corrected chi connectivity index (χ3v) is 3.74. The van der Waals surface area contributed by atoms with E-state index >= 15 is 0 Å². The number of nitrogens with zero attached hydrogens (tertiary/aromatic N) is 1. The molecule has 0 saturated heterocycles. The van der Waals surface area contributed by atoms with Crippen molar-refractivity contribution in [2.24, 2.45) is 0 Å². The molecule has 0 saturated carbocycles. The summed E-state index contributed by atoms with van der Waals surface area (Å²) >= 11 is 0. The standard InChI is InChI=1S/C17H37NO2/c1-3-4-5-6-7-8-9-10-11-12-16-20-17-14-18(2)13-15-19/h19H,3-17H2,1-2H3. The maximum Gasteiger partial charge on any atom is 0.0593 e. The molecule has 0 aliphatic rings. The molecule has 0 radical (unpaired) electrons. The number of aliphatic hydroxyl groups excluding tert-OH is 1. The Morgan fingerprint density at radius 1 is 0.750 bits per heavy atom. The Bertz CT molecular complexity index is 176. The Morgan fingerprint density at radius 2 is 1.30 bits per heavy atom. The molecule has 0 aliphatic heterocycles. The fraction of sp³-hybridized carbons (Fsp3) is 1.00. The number of hydrogen-bond donors (Lipinski definition) is 1. The molecule has 0 fully saturated rings. The molecule has 3 heteroatoms. The maximum absolute atomic E-state index is 8.76. The average Bonchev–Trinajstić information content (AvgIpc) is 2.44. The highest BCUT2D eigenvalue weighted by atomic mass is 16.5. The largest absolute Gasteiger partial charge is 0.395 e. The highest BCUT2D eigenvalue weighted by molar-refractivity contribution is 4.49. The van der Waals surface area contributed by atoms with Crippen LogP contribution in [0, 0.1) is 0 Å². The molecule has 0 aromatic rings. The van der Waals surface area contributed by atoms with E-state index in [2.05, 4.69) is 11.8 Å². The van der Waals surface area contributed by atoms with E-state index in [9.17, 15) is 0 Å². The van der Waals surface area contributed by atoms with Gasteiger partial charge in [-0.25, -0.2) is 0 Å². The fourth-order valence-corrected chi connectivity index (χ4v) is 2.30. The van der Waals surface area contributed by atoms with Crippen molar-refractivity contribution in [3.05, 3.63) is 0 Å². The molecule has 122 valence electrons. The first-order chi connectivity index (χ1) is 9.81. The molecular formula is C17H37NO2. The lowest BCUT2D eigenvalue weighted by molar-refractivity contribution is 0.102. The Kier molecular flexibility index (Phi) is 16.8. The number of aliphatic hydroxyl groups is 1. The van der Waals surface area contributed by atoms with Crippen LogP contribution in [-0.2, 0) is 4.74 Å². The molecule has 0 amide bonds. The monoisotopic (exact) mass is 287 g/mol. The molecule has 0 unspecified atom stereocenters. The van der Waals surface area contributed by atoms with E-state index in [0.717, 1.165) is 26.3 Å². The number of rotatable bonds is 16. The summed E-state index contributed by atoms with van der Waals surface area (Å²) in [6.07, 6.45) is 13.7. The first-order valence-electron chi connectivity index (χ1n) is 8.68. The molecule has 0 aliphatic carbocycles. The smallest absolute Gasteiger partial charge is 0.0593 e. The topological polar surface area (TPSA) is 32.7 Å². The number of ether oxygens (including phenoxy) is 1. The van der Waals surface area contributed by atoms with Gasteiger partial charge in [-0.3, -0.25) is 0 Å². The number of likely N-dealkylation sites (N-methyl/N-ethyl adjacent to an activating group) is 1. The zero-order valence-corrected chi connectivity index (χ0v) is 13.9. The van der Waals surface area contributed by atoms with Crippen LogP contribution < -0.4 is 0 Å². The van der Waals surface area contributed by atoms with Gasteiger partial charge in [-0.2, -0.15) is 0 Å². The zero-order chi connectivity index (χ0) is 14.9. The van der Waals surface area contributed by atoms with Crippen molar-refractivity contribution in [1.82, 2.24) is 4.90 Å². The first kappa shape index (κ1) is 19.9. The van der Waals surface area contributed by atoms with Gasteiger partial charge < -0.3 is 14.7 Å². The summed E-state index contributed by atoms with van der Waals surface area (Å²) in [6.45, 7) is 5.83. The Morgan fingerprint density at radius 3 is 1.85 bits per heavy atom. The average molecular weight is 287 g/mol. The lowest BCUT2D eigenvalue weighted by atomic mass is 10.1. The van der Waals surface area contributed by atoms with Crippen molar-refractivity contribution in [1.29, 1.82) is 0 Å². The molecule has 0 aromatic carbocycles. The summed E-state index contributed by atoms with van der Waals surface area (Å²) < 4.78 is 5.60. The van der Waals surface area contributed by atoms with Crippen molar-refractivity contribution >= 4 is 0 Å². The van der Waals surface area contributed by atoms with Gasteiger partial charge in [0.15, 0.2) is 0 Å². The second-order valence-corrected chi connectivity index (χ2v) is 5.82. The van der Waals surface area contributed by atoms with Gasteiger partial charge in [-0.15, -0.1) is 0 Å². The van der Waals surface area contributed by atoms with E-state index in [4.69, 9.17) is 9.84 Å². The number of hydrogen-bond acceptors (Lipinski definition) is 3. The van der Waals surface area contributed by atoms with Gasteiger partial charge in [-0.05, 0) is 13.5 Å². The van der Waals surface area contributed by atoms with E-state index < -0.39 is 0 Å². The molecule has 0 aromatic heterocycles. The van der Waals surface area contributed by atoms with Crippen molar-refractivity contribution < 1.29 is 9.84 Å². The molecule has 0 rings (SSSR count). The van der Waals surface area contributed by atoms with Crippen LogP contribution in [0.1, 0.15) is 71.1 Å². The number of unbranched alkanes of at least 4 members (excludes halogenated alkanes) is 9. The van der Waals surface area contributed by atoms with Gasteiger partial charge in [0.1, 0.15) is 0 Å². The highest BCUT2D eigenvalue weighted by Crippen LogP contribution is 2.10. The van der Waals surface area contributed by atoms with E-state index in [-0.39, 0.29) is 6.61 Å². The second kappa shape index (κ2) is 16.9. The fourth-order valence-electron chi connectivity index (χ4n) is 2.30. The summed E-state index contributed by atoms with van der Waals surface area (Å²) in [4.78, 5) is 2.10. The zero-order valence-electron chi connectivity index (χ0n) is 13.9. The van der Waals surface area contributed by atoms with Crippen LogP contribution in [0.4, 0.5) is 0 Å². The minimum atomic E-state index is 0.231. The minimum absolute atomic E-state index is 0.231. The molecule has 0 heterocycles. The molecule has 0 spiro atoms. The molecule has 20 heavy (non-hydrogen) atoms. The summed E-state index contributed by atoms with van der Waals surface area (Å²) in [7, 11) is 2.01. The summed E-state index contributed by atoms with van der Waals surface area (Å²) in [5.41, 5.74) is 0. The van der Waals surface area contributed by atoms with E-state index in [1.807, 2.05) is 7.05 Å². The van der Waals surface area contributed by atoms with Gasteiger partial charge >= 0.3 is 0 Å². The normalized spacial score (nSPS) is 11.4. The Hall–Kier alpha value is -0.120. The molecular weight excluding hydrogens is 250 g/mol. The van der Waals surface area contributed by atoms with Crippen LogP contribution in [0.5, 0.6) is 0 Å². The van der Waals surface area contributed by atoms with Crippen molar-refractivity contribution in [3.8, 4) is 0 Å². The van der Waals surface area contributed by atoms with Crippen LogP contribution >= 0.6 is 0 Å². The van der Waals surface area contributed by atoms with Gasteiger partial charge in [0.2, 0.25) is 0 Å². The third kappa shape index (κ3) is 15.9. The molecule has 3 nitrogen and oxygen atoms in total. The van der Waals surface area contributed by atoms with Crippen molar-refractivity contribution in [2.45, 2.75) is 71.1 Å². The lowest BCUT2D eigenvalue weighted by Crippen LogP contribution is -2.26. The highest BCUT2D eigenvalue weighted by Gasteiger charge is 1.97. The summed E-state index contributed by atoms with van der Waals surface area (Å²) in [5, 5.41) is 8.76.